The molecule has 1 nitrogen and oxygen atoms in total. The third-order valence-electron chi connectivity index (χ3n) is 14.5. The van der Waals surface area contributed by atoms with E-state index in [0.29, 0.717) is 0 Å². The Morgan fingerprint density at radius 1 is 0.333 bits per heavy atom. The normalized spacial score (nSPS) is 14.9. The van der Waals surface area contributed by atoms with E-state index in [-0.39, 0.29) is 10.8 Å². The molecule has 0 amide bonds. The van der Waals surface area contributed by atoms with Crippen molar-refractivity contribution in [2.24, 2.45) is 0 Å². The number of rotatable bonds is 5. The van der Waals surface area contributed by atoms with Gasteiger partial charge in [0.15, 0.2) is 0 Å². The Kier molecular flexibility index (Phi) is 8.97. The van der Waals surface area contributed by atoms with E-state index in [1.165, 1.54) is 99.4 Å². The molecular formula is C65H53N. The van der Waals surface area contributed by atoms with Gasteiger partial charge in [-0.3, -0.25) is 0 Å². The molecule has 12 rings (SSSR count). The van der Waals surface area contributed by atoms with Gasteiger partial charge in [0.05, 0.1) is 16.8 Å². The number of nitrogens with zero attached hydrogens (tertiary/aromatic N) is 1. The average molecular weight is 848 g/mol. The van der Waals surface area contributed by atoms with Crippen molar-refractivity contribution >= 4 is 38.6 Å². The van der Waals surface area contributed by atoms with Gasteiger partial charge in [-0.15, -0.1) is 0 Å². The summed E-state index contributed by atoms with van der Waals surface area (Å²) in [6.07, 6.45) is 0. The predicted octanol–water partition coefficient (Wildman–Crippen LogP) is 17.7. The van der Waals surface area contributed by atoms with E-state index >= 15 is 0 Å². The first-order valence-electron chi connectivity index (χ1n) is 23.5. The fourth-order valence-corrected chi connectivity index (χ4v) is 11.8. The maximum Gasteiger partial charge on any atom is 0.0726 e. The van der Waals surface area contributed by atoms with Crippen LogP contribution in [-0.4, -0.2) is 0 Å². The fraction of sp³-hybridized carbons (Fsp3) is 0.138. The molecule has 66 heavy (non-hydrogen) atoms. The van der Waals surface area contributed by atoms with Crippen molar-refractivity contribution in [1.82, 2.24) is 0 Å². The molecule has 0 aliphatic heterocycles. The van der Waals surface area contributed by atoms with E-state index in [1.54, 1.807) is 0 Å². The van der Waals surface area contributed by atoms with Crippen LogP contribution in [0, 0.1) is 0 Å². The second-order valence-corrected chi connectivity index (χ2v) is 20.4. The molecule has 0 saturated carbocycles. The topological polar surface area (TPSA) is 3.24 Å². The molecule has 1 atom stereocenters. The van der Waals surface area contributed by atoms with Gasteiger partial charge in [-0.05, 0) is 123 Å². The van der Waals surface area contributed by atoms with Crippen LogP contribution in [0.5, 0.6) is 0 Å². The zero-order chi connectivity index (χ0) is 45.0. The van der Waals surface area contributed by atoms with Crippen LogP contribution in [0.2, 0.25) is 0 Å². The number of hydrogen-bond acceptors (Lipinski definition) is 1. The number of para-hydroxylation sites is 1. The van der Waals surface area contributed by atoms with Gasteiger partial charge in [-0.2, -0.15) is 0 Å². The summed E-state index contributed by atoms with van der Waals surface area (Å²) in [5, 5.41) is 5.34. The van der Waals surface area contributed by atoms with E-state index in [9.17, 15) is 0 Å². The first-order valence-corrected chi connectivity index (χ1v) is 23.5. The van der Waals surface area contributed by atoms with Crippen LogP contribution in [0.25, 0.3) is 66.1 Å². The predicted molar refractivity (Wildman–Crippen MR) is 281 cm³/mol. The third-order valence-corrected chi connectivity index (χ3v) is 14.5. The van der Waals surface area contributed by atoms with Crippen LogP contribution in [0.1, 0.15) is 74.9 Å². The van der Waals surface area contributed by atoms with Crippen molar-refractivity contribution in [3.63, 3.8) is 0 Å². The molecule has 10 aromatic rings. The molecule has 1 spiro atoms. The molecule has 318 valence electrons. The van der Waals surface area contributed by atoms with Gasteiger partial charge in [0.1, 0.15) is 0 Å². The zero-order valence-electron chi connectivity index (χ0n) is 38.7. The number of hydrogen-bond donors (Lipinski definition) is 0. The van der Waals surface area contributed by atoms with Gasteiger partial charge in [0, 0.05) is 16.8 Å². The molecule has 0 N–H and O–H groups in total. The van der Waals surface area contributed by atoms with Crippen molar-refractivity contribution in [3.05, 3.63) is 246 Å². The van der Waals surface area contributed by atoms with Crippen LogP contribution in [-0.2, 0) is 16.2 Å². The molecule has 0 heterocycles. The monoisotopic (exact) mass is 847 g/mol. The highest BCUT2D eigenvalue weighted by atomic mass is 15.1. The summed E-state index contributed by atoms with van der Waals surface area (Å²) < 4.78 is 0. The van der Waals surface area contributed by atoms with Crippen molar-refractivity contribution in [2.75, 3.05) is 4.90 Å². The van der Waals surface area contributed by atoms with E-state index in [2.05, 4.69) is 259 Å². The first-order chi connectivity index (χ1) is 32.0. The van der Waals surface area contributed by atoms with Crippen LogP contribution in [0.15, 0.2) is 212 Å². The summed E-state index contributed by atoms with van der Waals surface area (Å²) in [6, 6.07) is 80.0. The lowest BCUT2D eigenvalue weighted by Crippen LogP contribution is -2.33. The molecule has 2 aliphatic carbocycles. The highest BCUT2D eigenvalue weighted by Crippen LogP contribution is 2.65. The van der Waals surface area contributed by atoms with Crippen LogP contribution in [0.4, 0.5) is 17.1 Å². The number of fused-ring (bicyclic) bond motifs is 11. The second-order valence-electron chi connectivity index (χ2n) is 20.4. The largest absolute Gasteiger partial charge is 0.309 e. The Labute approximate surface area is 389 Å². The summed E-state index contributed by atoms with van der Waals surface area (Å²) in [4.78, 5) is 2.54. The minimum absolute atomic E-state index is 0.0532. The molecule has 10 aromatic carbocycles. The summed E-state index contributed by atoms with van der Waals surface area (Å²) in [7, 11) is 0. The fourth-order valence-electron chi connectivity index (χ4n) is 11.8. The molecule has 1 heteroatoms. The molecule has 1 unspecified atom stereocenters. The molecule has 0 saturated heterocycles. The first kappa shape index (κ1) is 40.1. The van der Waals surface area contributed by atoms with Crippen LogP contribution < -0.4 is 4.90 Å². The maximum absolute atomic E-state index is 2.61. The van der Waals surface area contributed by atoms with Gasteiger partial charge in [-0.1, -0.05) is 230 Å². The van der Waals surface area contributed by atoms with Crippen molar-refractivity contribution in [1.29, 1.82) is 0 Å². The summed E-state index contributed by atoms with van der Waals surface area (Å²) in [5.74, 6) is 0. The van der Waals surface area contributed by atoms with Crippen LogP contribution >= 0.6 is 0 Å². The summed E-state index contributed by atoms with van der Waals surface area (Å²) in [5.41, 5.74) is 20.7. The smallest absolute Gasteiger partial charge is 0.0726 e. The highest BCUT2D eigenvalue weighted by molar-refractivity contribution is 6.15. The van der Waals surface area contributed by atoms with E-state index < -0.39 is 5.41 Å². The minimum Gasteiger partial charge on any atom is -0.309 e. The van der Waals surface area contributed by atoms with Gasteiger partial charge >= 0.3 is 0 Å². The van der Waals surface area contributed by atoms with Crippen LogP contribution in [0.3, 0.4) is 0 Å². The Morgan fingerprint density at radius 2 is 0.894 bits per heavy atom. The van der Waals surface area contributed by atoms with E-state index in [0.717, 1.165) is 17.1 Å². The summed E-state index contributed by atoms with van der Waals surface area (Å²) in [6.45, 7) is 14.2. The molecule has 0 fully saturated rings. The number of anilines is 3. The Balaban J connectivity index is 1.25. The van der Waals surface area contributed by atoms with Gasteiger partial charge < -0.3 is 4.90 Å². The van der Waals surface area contributed by atoms with E-state index in [1.807, 2.05) is 0 Å². The van der Waals surface area contributed by atoms with Gasteiger partial charge in [0.25, 0.3) is 0 Å². The molecule has 2 aliphatic rings. The minimum atomic E-state index is -0.624. The van der Waals surface area contributed by atoms with Gasteiger partial charge in [0.2, 0.25) is 0 Å². The lowest BCUT2D eigenvalue weighted by atomic mass is 9.59. The SMILES string of the molecule is CC(C)(C)c1cc2c(c3ccccc13)-c1cccc3c(C(C)(C)C)ccc(c13)C21c2ccccc2-c2c(N(c3cccc(-c4ccccc4)c3)c3ccccc3-c3ccccc3)cccc21. The molecule has 0 aromatic heterocycles. The third kappa shape index (κ3) is 5.85. The molecule has 0 radical (unpaired) electrons. The highest BCUT2D eigenvalue weighted by Gasteiger charge is 2.52. The van der Waals surface area contributed by atoms with Crippen molar-refractivity contribution in [2.45, 2.75) is 57.8 Å². The zero-order valence-corrected chi connectivity index (χ0v) is 38.7. The summed E-state index contributed by atoms with van der Waals surface area (Å²) >= 11 is 0. The standard InChI is InChI=1S/C65H53N/c1-63(2,3)52-38-39-55-61-49(52)32-20-33-51(61)60-48-30-14-13-29-47(48)56(64(4,5)6)41-57(60)65(55)53-34-17-15-31-50(53)62-54(65)35-21-37-59(62)66(45-27-19-26-44(40-45)42-22-9-7-10-23-42)58-36-18-16-28-46(58)43-24-11-8-12-25-43/h7-41H,1-6H3. The quantitative estimate of drug-likeness (QED) is 0.167. The Hall–Kier alpha value is -7.48. The lowest BCUT2D eigenvalue weighted by Gasteiger charge is -2.42. The molecule has 0 bridgehead atoms. The van der Waals surface area contributed by atoms with Gasteiger partial charge in [-0.25, -0.2) is 0 Å². The van der Waals surface area contributed by atoms with E-state index in [4.69, 9.17) is 0 Å². The number of benzene rings is 10. The average Bonchev–Trinajstić information content (AvgIpc) is 3.64. The Bertz CT molecular complexity index is 3550. The maximum atomic E-state index is 2.61. The van der Waals surface area contributed by atoms with Crippen molar-refractivity contribution < 1.29 is 0 Å². The van der Waals surface area contributed by atoms with Crippen molar-refractivity contribution in [3.8, 4) is 44.5 Å². The lowest BCUT2D eigenvalue weighted by molar-refractivity contribution is 0.592. The molecular weight excluding hydrogens is 795 g/mol. The second kappa shape index (κ2) is 14.8. The Morgan fingerprint density at radius 3 is 1.65 bits per heavy atom.